The van der Waals surface area contributed by atoms with Crippen molar-refractivity contribution < 1.29 is 4.79 Å². The summed E-state index contributed by atoms with van der Waals surface area (Å²) in [6.45, 7) is 2.21. The Morgan fingerprint density at radius 2 is 2.50 bits per heavy atom. The van der Waals surface area contributed by atoms with Gasteiger partial charge >= 0.3 is 0 Å². The predicted octanol–water partition coefficient (Wildman–Crippen LogP) is 2.33. The summed E-state index contributed by atoms with van der Waals surface area (Å²) < 4.78 is 0. The lowest BCUT2D eigenvalue weighted by Crippen LogP contribution is -2.21. The van der Waals surface area contributed by atoms with Gasteiger partial charge in [0.25, 0.3) is 0 Å². The van der Waals surface area contributed by atoms with Gasteiger partial charge in [-0.3, -0.25) is 4.79 Å². The first kappa shape index (κ1) is 8.32. The van der Waals surface area contributed by atoms with E-state index in [0.717, 1.165) is 17.1 Å². The summed E-state index contributed by atoms with van der Waals surface area (Å²) in [7, 11) is 0.373. The first-order valence-electron chi connectivity index (χ1n) is 4.11. The van der Waals surface area contributed by atoms with E-state index < -0.39 is 0 Å². The molecule has 1 nitrogen and oxygen atoms in total. The maximum absolute atomic E-state index is 11.4. The molecule has 0 fully saturated rings. The number of hydrogen-bond donors (Lipinski definition) is 0. The largest absolute Gasteiger partial charge is 0.293 e. The fraction of sp³-hybridized carbons (Fsp3) is 0.444. The lowest BCUT2D eigenvalue weighted by Gasteiger charge is -2.10. The van der Waals surface area contributed by atoms with Crippen LogP contribution in [-0.4, -0.2) is 17.3 Å². The lowest BCUT2D eigenvalue weighted by molar-refractivity contribution is 0.0988. The molecule has 12 heavy (non-hydrogen) atoms. The molecule has 1 unspecified atom stereocenters. The first-order valence-corrected chi connectivity index (χ1v) is 6.55. The molecule has 64 valence electrons. The lowest BCUT2D eigenvalue weighted by atomic mass is 10.2. The van der Waals surface area contributed by atoms with Crippen molar-refractivity contribution >= 4 is 28.0 Å². The van der Waals surface area contributed by atoms with Crippen LogP contribution in [0.2, 0.25) is 0 Å². The minimum absolute atomic E-state index is 0.359. The van der Waals surface area contributed by atoms with E-state index in [0.29, 0.717) is 16.7 Å². The van der Waals surface area contributed by atoms with Crippen LogP contribution in [0.15, 0.2) is 16.3 Å². The van der Waals surface area contributed by atoms with Gasteiger partial charge in [0, 0.05) is 17.0 Å². The fourth-order valence-corrected chi connectivity index (χ4v) is 4.70. The summed E-state index contributed by atoms with van der Waals surface area (Å²) in [6.07, 6.45) is 0.768. The zero-order chi connectivity index (χ0) is 8.55. The molecule has 0 N–H and O–H groups in total. The van der Waals surface area contributed by atoms with Gasteiger partial charge < -0.3 is 0 Å². The van der Waals surface area contributed by atoms with Crippen LogP contribution in [0, 0.1) is 0 Å². The molecule has 0 saturated heterocycles. The van der Waals surface area contributed by atoms with Crippen LogP contribution in [0.3, 0.4) is 0 Å². The highest BCUT2D eigenvalue weighted by Crippen LogP contribution is 2.30. The molecule has 3 heteroatoms. The number of thiophene rings is 1. The molecule has 0 amide bonds. The van der Waals surface area contributed by atoms with Crippen LogP contribution >= 0.6 is 11.3 Å². The van der Waals surface area contributed by atoms with Gasteiger partial charge in [0.15, 0.2) is 10.7 Å². The fourth-order valence-electron chi connectivity index (χ4n) is 1.47. The molecular weight excluding hydrogens is 188 g/mol. The zero-order valence-electron chi connectivity index (χ0n) is 7.00. The van der Waals surface area contributed by atoms with Crippen LogP contribution in [-0.2, 0) is 10.9 Å². The average molecular weight is 199 g/mol. The molecule has 2 heterocycles. The van der Waals surface area contributed by atoms with Crippen LogP contribution in [0.1, 0.15) is 23.0 Å². The number of ketones is 1. The van der Waals surface area contributed by atoms with E-state index in [1.807, 2.05) is 5.38 Å². The molecule has 1 aromatic heterocycles. The van der Waals surface area contributed by atoms with Gasteiger partial charge in [-0.25, -0.2) is 0 Å². The molecule has 1 aliphatic rings. The van der Waals surface area contributed by atoms with Crippen LogP contribution in [0.5, 0.6) is 0 Å². The average Bonchev–Trinajstić information content (AvgIpc) is 2.54. The third kappa shape index (κ3) is 1.21. The number of Topliss-reactive ketones (excluding diaryl/α,β-unsaturated/α-hetero) is 1. The number of rotatable bonds is 1. The monoisotopic (exact) mass is 199 g/mol. The van der Waals surface area contributed by atoms with E-state index in [2.05, 4.69) is 13.0 Å². The highest BCUT2D eigenvalue weighted by atomic mass is 32.2. The number of carbonyl (C=O) groups is 1. The van der Waals surface area contributed by atoms with Crippen molar-refractivity contribution in [1.82, 2.24) is 0 Å². The second-order valence-electron chi connectivity index (χ2n) is 2.77. The molecule has 1 aliphatic heterocycles. The topological polar surface area (TPSA) is 17.1 Å². The predicted molar refractivity (Wildman–Crippen MR) is 54.3 cm³/mol. The SMILES string of the molecule is CC[S+]1CCC(=O)c2sccc21. The summed E-state index contributed by atoms with van der Waals surface area (Å²) in [5.74, 6) is 2.63. The third-order valence-electron chi connectivity index (χ3n) is 2.12. The highest BCUT2D eigenvalue weighted by molar-refractivity contribution is 7.97. The summed E-state index contributed by atoms with van der Waals surface area (Å²) in [5.41, 5.74) is 0. The molecule has 0 spiro atoms. The van der Waals surface area contributed by atoms with Gasteiger partial charge in [0.1, 0.15) is 16.4 Å². The van der Waals surface area contributed by atoms with E-state index in [9.17, 15) is 4.79 Å². The normalized spacial score (nSPS) is 22.4. The summed E-state index contributed by atoms with van der Waals surface area (Å²) >= 11 is 1.61. The van der Waals surface area contributed by atoms with E-state index in [-0.39, 0.29) is 0 Å². The Morgan fingerprint density at radius 3 is 3.25 bits per heavy atom. The second-order valence-corrected chi connectivity index (χ2v) is 6.10. The highest BCUT2D eigenvalue weighted by Gasteiger charge is 2.33. The molecule has 0 saturated carbocycles. The Kier molecular flexibility index (Phi) is 2.24. The van der Waals surface area contributed by atoms with E-state index in [4.69, 9.17) is 0 Å². The minimum atomic E-state index is 0.359. The standard InChI is InChI=1S/C9H11OS2/c1-2-12-6-4-7(10)9-8(12)3-5-11-9/h3,5H,2,4,6H2,1H3/q+1. The van der Waals surface area contributed by atoms with Crippen molar-refractivity contribution in [3.05, 3.63) is 16.3 Å². The van der Waals surface area contributed by atoms with Crippen molar-refractivity contribution in [2.24, 2.45) is 0 Å². The molecule has 0 aliphatic carbocycles. The van der Waals surface area contributed by atoms with Crippen molar-refractivity contribution in [1.29, 1.82) is 0 Å². The smallest absolute Gasteiger partial charge is 0.182 e. The van der Waals surface area contributed by atoms with Crippen molar-refractivity contribution in [2.75, 3.05) is 11.5 Å². The van der Waals surface area contributed by atoms with Gasteiger partial charge in [-0.2, -0.15) is 0 Å². The molecule has 1 aromatic rings. The van der Waals surface area contributed by atoms with Gasteiger partial charge in [-0.15, -0.1) is 11.3 Å². The quantitative estimate of drug-likeness (QED) is 0.634. The van der Waals surface area contributed by atoms with E-state index in [1.165, 1.54) is 10.6 Å². The van der Waals surface area contributed by atoms with Gasteiger partial charge in [0.05, 0.1) is 6.42 Å². The van der Waals surface area contributed by atoms with Gasteiger partial charge in [-0.1, -0.05) is 0 Å². The van der Waals surface area contributed by atoms with E-state index >= 15 is 0 Å². The van der Waals surface area contributed by atoms with E-state index in [1.54, 1.807) is 11.3 Å². The van der Waals surface area contributed by atoms with Crippen molar-refractivity contribution in [3.8, 4) is 0 Å². The Morgan fingerprint density at radius 1 is 1.67 bits per heavy atom. The molecular formula is C9H11OS2+. The molecule has 0 bridgehead atoms. The Bertz CT molecular complexity index is 303. The third-order valence-corrected chi connectivity index (χ3v) is 5.56. The first-order chi connectivity index (χ1) is 5.83. The van der Waals surface area contributed by atoms with Crippen LogP contribution < -0.4 is 0 Å². The number of fused-ring (bicyclic) bond motifs is 1. The van der Waals surface area contributed by atoms with Crippen LogP contribution in [0.4, 0.5) is 0 Å². The van der Waals surface area contributed by atoms with Crippen LogP contribution in [0.25, 0.3) is 0 Å². The maximum atomic E-state index is 11.4. The van der Waals surface area contributed by atoms with Crippen molar-refractivity contribution in [3.63, 3.8) is 0 Å². The van der Waals surface area contributed by atoms with Gasteiger partial charge in [-0.05, 0) is 12.3 Å². The second kappa shape index (κ2) is 3.23. The maximum Gasteiger partial charge on any atom is 0.182 e. The van der Waals surface area contributed by atoms with Crippen molar-refractivity contribution in [2.45, 2.75) is 18.2 Å². The Labute approximate surface area is 79.1 Å². The Balaban J connectivity index is 2.42. The summed E-state index contributed by atoms with van der Waals surface area (Å²) in [4.78, 5) is 13.8. The summed E-state index contributed by atoms with van der Waals surface area (Å²) in [6, 6.07) is 2.13. The zero-order valence-corrected chi connectivity index (χ0v) is 8.63. The molecule has 2 rings (SSSR count). The molecule has 0 radical (unpaired) electrons. The molecule has 0 aromatic carbocycles. The molecule has 1 atom stereocenters. The number of carbonyl (C=O) groups excluding carboxylic acids is 1. The minimum Gasteiger partial charge on any atom is -0.293 e. The summed E-state index contributed by atoms with van der Waals surface area (Å²) in [5, 5.41) is 2.05. The number of hydrogen-bond acceptors (Lipinski definition) is 2. The Hall–Kier alpha value is -0.280. The van der Waals surface area contributed by atoms with Gasteiger partial charge in [0.2, 0.25) is 0 Å².